The van der Waals surface area contributed by atoms with Crippen molar-refractivity contribution in [3.05, 3.63) is 83.9 Å². The Morgan fingerprint density at radius 3 is 2.27 bits per heavy atom. The lowest BCUT2D eigenvalue weighted by atomic mass is 10.2. The number of hydrogen-bond donors (Lipinski definition) is 0. The quantitative estimate of drug-likeness (QED) is 0.335. The molecular formula is C23H18O7. The molecule has 0 unspecified atom stereocenters. The maximum atomic E-state index is 12.3. The smallest absolute Gasteiger partial charge is 0.343 e. The Labute approximate surface area is 172 Å². The van der Waals surface area contributed by atoms with Crippen LogP contribution in [0.5, 0.6) is 23.0 Å². The predicted octanol–water partition coefficient (Wildman–Crippen LogP) is 3.87. The molecule has 0 spiro atoms. The van der Waals surface area contributed by atoms with Crippen LogP contribution in [0.15, 0.2) is 72.8 Å². The van der Waals surface area contributed by atoms with Crippen molar-refractivity contribution in [1.82, 2.24) is 0 Å². The molecule has 0 saturated carbocycles. The third-order valence-electron chi connectivity index (χ3n) is 4.24. The molecular weight excluding hydrogens is 388 g/mol. The molecule has 3 aromatic rings. The highest BCUT2D eigenvalue weighted by Gasteiger charge is 2.17. The van der Waals surface area contributed by atoms with E-state index in [1.165, 1.54) is 24.3 Å². The summed E-state index contributed by atoms with van der Waals surface area (Å²) in [7, 11) is 0. The second-order valence-corrected chi connectivity index (χ2v) is 6.28. The summed E-state index contributed by atoms with van der Waals surface area (Å²) >= 11 is 0. The number of para-hydroxylation sites is 1. The molecule has 4 rings (SSSR count). The van der Waals surface area contributed by atoms with Crippen LogP contribution < -0.4 is 18.9 Å². The van der Waals surface area contributed by atoms with Gasteiger partial charge in [0.25, 0.3) is 0 Å². The molecule has 0 fully saturated rings. The molecule has 7 heteroatoms. The first kappa shape index (κ1) is 19.3. The van der Waals surface area contributed by atoms with Crippen LogP contribution in [0.25, 0.3) is 0 Å². The highest BCUT2D eigenvalue weighted by molar-refractivity contribution is 5.92. The third kappa shape index (κ3) is 4.70. The minimum Gasteiger partial charge on any atom is -0.490 e. The van der Waals surface area contributed by atoms with Gasteiger partial charge in [0.15, 0.2) is 11.5 Å². The molecule has 1 heterocycles. The maximum absolute atomic E-state index is 12.3. The van der Waals surface area contributed by atoms with E-state index in [1.54, 1.807) is 18.2 Å². The van der Waals surface area contributed by atoms with Crippen molar-refractivity contribution < 1.29 is 33.3 Å². The molecule has 0 atom stereocenters. The molecule has 0 saturated heterocycles. The number of ether oxygens (including phenoxy) is 5. The first-order valence-corrected chi connectivity index (χ1v) is 9.26. The summed E-state index contributed by atoms with van der Waals surface area (Å²) in [4.78, 5) is 24.4. The third-order valence-corrected chi connectivity index (χ3v) is 4.24. The molecule has 3 aromatic carbocycles. The fourth-order valence-electron chi connectivity index (χ4n) is 2.74. The van der Waals surface area contributed by atoms with Crippen LogP contribution in [0.2, 0.25) is 0 Å². The van der Waals surface area contributed by atoms with E-state index in [2.05, 4.69) is 0 Å². The van der Waals surface area contributed by atoms with E-state index in [-0.39, 0.29) is 20.0 Å². The molecule has 0 N–H and O–H groups in total. The van der Waals surface area contributed by atoms with Crippen molar-refractivity contribution in [3.8, 4) is 23.0 Å². The number of carbonyl (C=O) groups excluding carboxylic acids is 2. The van der Waals surface area contributed by atoms with Crippen LogP contribution in [0.3, 0.4) is 0 Å². The average molecular weight is 406 g/mol. The van der Waals surface area contributed by atoms with Gasteiger partial charge in [0.1, 0.15) is 24.7 Å². The van der Waals surface area contributed by atoms with E-state index >= 15 is 0 Å². The Bertz CT molecular complexity index is 1030. The molecule has 1 aliphatic heterocycles. The van der Waals surface area contributed by atoms with Gasteiger partial charge in [-0.15, -0.1) is 0 Å². The fourth-order valence-corrected chi connectivity index (χ4v) is 2.74. The molecule has 0 aliphatic carbocycles. The monoisotopic (exact) mass is 406 g/mol. The van der Waals surface area contributed by atoms with Crippen LogP contribution in [0.1, 0.15) is 20.7 Å². The van der Waals surface area contributed by atoms with Crippen molar-refractivity contribution >= 4 is 11.9 Å². The average Bonchev–Trinajstić information content (AvgIpc) is 3.26. The van der Waals surface area contributed by atoms with Gasteiger partial charge in [0, 0.05) is 0 Å². The minimum atomic E-state index is -0.540. The van der Waals surface area contributed by atoms with Gasteiger partial charge in [-0.1, -0.05) is 18.2 Å². The summed E-state index contributed by atoms with van der Waals surface area (Å²) in [5.41, 5.74) is 0.679. The van der Waals surface area contributed by atoms with E-state index in [1.807, 2.05) is 30.3 Å². The summed E-state index contributed by atoms with van der Waals surface area (Å²) in [6.45, 7) is 0.499. The first-order valence-electron chi connectivity index (χ1n) is 9.26. The van der Waals surface area contributed by atoms with E-state index in [0.717, 1.165) is 0 Å². The molecule has 152 valence electrons. The molecule has 7 nitrogen and oxygen atoms in total. The van der Waals surface area contributed by atoms with Gasteiger partial charge in [-0.3, -0.25) is 0 Å². The number of esters is 2. The van der Waals surface area contributed by atoms with Gasteiger partial charge < -0.3 is 23.7 Å². The second kappa shape index (κ2) is 9.00. The zero-order valence-electron chi connectivity index (χ0n) is 15.9. The normalized spacial score (nSPS) is 11.6. The molecule has 0 radical (unpaired) electrons. The van der Waals surface area contributed by atoms with E-state index in [0.29, 0.717) is 34.1 Å². The van der Waals surface area contributed by atoms with E-state index < -0.39 is 11.9 Å². The minimum absolute atomic E-state index is 0.120. The number of hydrogen-bond acceptors (Lipinski definition) is 7. The number of fused-ring (bicyclic) bond motifs is 1. The van der Waals surface area contributed by atoms with Crippen molar-refractivity contribution in [2.75, 3.05) is 20.0 Å². The van der Waals surface area contributed by atoms with Crippen LogP contribution in [-0.2, 0) is 4.74 Å². The van der Waals surface area contributed by atoms with Gasteiger partial charge in [0.05, 0.1) is 11.1 Å². The Morgan fingerprint density at radius 1 is 0.733 bits per heavy atom. The van der Waals surface area contributed by atoms with Crippen LogP contribution >= 0.6 is 0 Å². The molecule has 1 aliphatic rings. The lowest BCUT2D eigenvalue weighted by Gasteiger charge is -2.08. The van der Waals surface area contributed by atoms with Crippen molar-refractivity contribution in [1.29, 1.82) is 0 Å². The van der Waals surface area contributed by atoms with E-state index in [4.69, 9.17) is 23.7 Å². The van der Waals surface area contributed by atoms with Crippen molar-refractivity contribution in [3.63, 3.8) is 0 Å². The van der Waals surface area contributed by atoms with E-state index in [9.17, 15) is 9.59 Å². The Morgan fingerprint density at radius 2 is 1.47 bits per heavy atom. The fraction of sp³-hybridized carbons (Fsp3) is 0.130. The lowest BCUT2D eigenvalue weighted by Crippen LogP contribution is -2.12. The second-order valence-electron chi connectivity index (χ2n) is 6.28. The Hall–Kier alpha value is -4.00. The summed E-state index contributed by atoms with van der Waals surface area (Å²) in [6.07, 6.45) is 0. The van der Waals surface area contributed by atoms with Gasteiger partial charge in [-0.05, 0) is 54.6 Å². The lowest BCUT2D eigenvalue weighted by molar-refractivity contribution is 0.0450. The zero-order valence-corrected chi connectivity index (χ0v) is 15.9. The van der Waals surface area contributed by atoms with Crippen molar-refractivity contribution in [2.24, 2.45) is 0 Å². The van der Waals surface area contributed by atoms with Gasteiger partial charge in [-0.2, -0.15) is 0 Å². The van der Waals surface area contributed by atoms with Gasteiger partial charge in [-0.25, -0.2) is 9.59 Å². The summed E-state index contributed by atoms with van der Waals surface area (Å²) in [5, 5.41) is 0. The molecule has 0 bridgehead atoms. The van der Waals surface area contributed by atoms with Crippen LogP contribution in [0.4, 0.5) is 0 Å². The zero-order chi connectivity index (χ0) is 20.8. The number of carbonyl (C=O) groups is 2. The maximum Gasteiger partial charge on any atom is 0.343 e. The largest absolute Gasteiger partial charge is 0.490 e. The summed E-state index contributed by atoms with van der Waals surface area (Å²) in [6, 6.07) is 20.2. The highest BCUT2D eigenvalue weighted by Crippen LogP contribution is 2.32. The standard InChI is InChI=1S/C23H18O7/c24-22(27-13-12-26-18-4-2-1-3-5-18)16-6-9-19(10-7-16)30-23(25)17-8-11-20-21(14-17)29-15-28-20/h1-11,14H,12-13,15H2. The topological polar surface area (TPSA) is 80.3 Å². The SMILES string of the molecule is O=C(OCCOc1ccccc1)c1ccc(OC(=O)c2ccc3c(c2)OCO3)cc1. The summed E-state index contributed by atoms with van der Waals surface area (Å²) in [5.74, 6) is 1.08. The molecule has 0 amide bonds. The highest BCUT2D eigenvalue weighted by atomic mass is 16.7. The number of benzene rings is 3. The van der Waals surface area contributed by atoms with Crippen molar-refractivity contribution in [2.45, 2.75) is 0 Å². The van der Waals surface area contributed by atoms with Crippen LogP contribution in [0, 0.1) is 0 Å². The molecule has 0 aromatic heterocycles. The predicted molar refractivity (Wildman–Crippen MR) is 106 cm³/mol. The van der Waals surface area contributed by atoms with Gasteiger partial charge in [0.2, 0.25) is 6.79 Å². The summed E-state index contributed by atoms with van der Waals surface area (Å²) < 4.78 is 26.5. The van der Waals surface area contributed by atoms with Crippen LogP contribution in [-0.4, -0.2) is 31.9 Å². The first-order chi connectivity index (χ1) is 14.7. The Balaban J connectivity index is 1.27. The molecule has 30 heavy (non-hydrogen) atoms. The Kier molecular flexibility index (Phi) is 5.80. The number of rotatable bonds is 7. The van der Waals surface area contributed by atoms with Gasteiger partial charge >= 0.3 is 11.9 Å².